The van der Waals surface area contributed by atoms with E-state index in [1.165, 1.54) is 0 Å². The molecule has 0 aliphatic carbocycles. The number of rotatable bonds is 5. The average molecular weight is 261 g/mol. The first-order valence-electron chi connectivity index (χ1n) is 5.84. The highest BCUT2D eigenvalue weighted by atomic mass is 16.4. The minimum Gasteiger partial charge on any atom is -0.481 e. The number of urea groups is 1. The van der Waals surface area contributed by atoms with Crippen molar-refractivity contribution in [3.63, 3.8) is 0 Å². The lowest BCUT2D eigenvalue weighted by Crippen LogP contribution is -2.38. The molecule has 0 bridgehead atoms. The zero-order valence-electron chi connectivity index (χ0n) is 10.5. The van der Waals surface area contributed by atoms with Crippen LogP contribution in [0.3, 0.4) is 0 Å². The molecule has 1 rings (SSSR count). The van der Waals surface area contributed by atoms with E-state index in [0.717, 1.165) is 0 Å². The van der Waals surface area contributed by atoms with Crippen LogP contribution in [0.5, 0.6) is 0 Å². The minimum absolute atomic E-state index is 0.114. The van der Waals surface area contributed by atoms with Gasteiger partial charge in [-0.1, -0.05) is 6.92 Å². The zero-order chi connectivity index (χ0) is 14.3. The third-order valence-electron chi connectivity index (χ3n) is 2.52. The highest BCUT2D eigenvalue weighted by molar-refractivity contribution is 5.89. The summed E-state index contributed by atoms with van der Waals surface area (Å²) in [5.74, 6) is -0.953. The largest absolute Gasteiger partial charge is 0.481 e. The van der Waals surface area contributed by atoms with Crippen molar-refractivity contribution in [3.8, 4) is 6.07 Å². The topological polar surface area (TPSA) is 102 Å². The van der Waals surface area contributed by atoms with Crippen LogP contribution in [0.15, 0.2) is 24.3 Å². The van der Waals surface area contributed by atoms with E-state index in [4.69, 9.17) is 10.4 Å². The summed E-state index contributed by atoms with van der Waals surface area (Å²) in [5.41, 5.74) is 1.05. The summed E-state index contributed by atoms with van der Waals surface area (Å²) < 4.78 is 0. The molecule has 0 aliphatic rings. The van der Waals surface area contributed by atoms with Crippen LogP contribution in [0.4, 0.5) is 10.5 Å². The molecule has 100 valence electrons. The number of hydrogen-bond donors (Lipinski definition) is 3. The molecule has 0 saturated heterocycles. The number of carbonyl (C=O) groups excluding carboxylic acids is 1. The standard InChI is InChI=1S/C13H15N3O3/c1-2-10(7-12(17)18)15-13(19)16-11-5-3-9(8-14)4-6-11/h3-6,10H,2,7H2,1H3,(H,17,18)(H2,15,16,19). The maximum Gasteiger partial charge on any atom is 0.319 e. The van der Waals surface area contributed by atoms with Crippen molar-refractivity contribution in [2.45, 2.75) is 25.8 Å². The Morgan fingerprint density at radius 3 is 2.47 bits per heavy atom. The van der Waals surface area contributed by atoms with Gasteiger partial charge in [0.2, 0.25) is 0 Å². The number of anilines is 1. The van der Waals surface area contributed by atoms with Gasteiger partial charge in [0, 0.05) is 11.7 Å². The summed E-state index contributed by atoms with van der Waals surface area (Å²) in [7, 11) is 0. The van der Waals surface area contributed by atoms with Gasteiger partial charge in [0.05, 0.1) is 18.1 Å². The van der Waals surface area contributed by atoms with Gasteiger partial charge < -0.3 is 15.7 Å². The minimum atomic E-state index is -0.953. The Kier molecular flexibility index (Phi) is 5.35. The first kappa shape index (κ1) is 14.5. The number of carboxylic acids is 1. The molecule has 0 saturated carbocycles. The Labute approximate surface area is 111 Å². The lowest BCUT2D eigenvalue weighted by Gasteiger charge is -2.15. The monoisotopic (exact) mass is 261 g/mol. The smallest absolute Gasteiger partial charge is 0.319 e. The molecule has 19 heavy (non-hydrogen) atoms. The van der Waals surface area contributed by atoms with E-state index >= 15 is 0 Å². The molecule has 1 aromatic rings. The Bertz CT molecular complexity index is 491. The third-order valence-corrected chi connectivity index (χ3v) is 2.52. The molecular formula is C13H15N3O3. The van der Waals surface area contributed by atoms with Crippen molar-refractivity contribution in [2.24, 2.45) is 0 Å². The van der Waals surface area contributed by atoms with Crippen molar-refractivity contribution in [1.29, 1.82) is 5.26 Å². The number of carboxylic acid groups (broad SMARTS) is 1. The maximum absolute atomic E-state index is 11.6. The van der Waals surface area contributed by atoms with Crippen LogP contribution in [0.2, 0.25) is 0 Å². The van der Waals surface area contributed by atoms with Crippen LogP contribution < -0.4 is 10.6 Å². The Hall–Kier alpha value is -2.55. The van der Waals surface area contributed by atoms with Crippen LogP contribution in [0, 0.1) is 11.3 Å². The summed E-state index contributed by atoms with van der Waals surface area (Å²) in [6.07, 6.45) is 0.421. The number of amides is 2. The maximum atomic E-state index is 11.6. The molecule has 0 aromatic heterocycles. The van der Waals surface area contributed by atoms with Gasteiger partial charge in [-0.05, 0) is 30.7 Å². The number of benzene rings is 1. The summed E-state index contributed by atoms with van der Waals surface area (Å²) in [4.78, 5) is 22.2. The van der Waals surface area contributed by atoms with Gasteiger partial charge in [-0.3, -0.25) is 4.79 Å². The van der Waals surface area contributed by atoms with Crippen molar-refractivity contribution < 1.29 is 14.7 Å². The molecule has 1 aromatic carbocycles. The molecule has 6 heteroatoms. The highest BCUT2D eigenvalue weighted by Crippen LogP contribution is 2.08. The molecule has 0 aliphatic heterocycles. The lowest BCUT2D eigenvalue weighted by atomic mass is 10.1. The van der Waals surface area contributed by atoms with Crippen molar-refractivity contribution in [3.05, 3.63) is 29.8 Å². The fourth-order valence-electron chi connectivity index (χ4n) is 1.49. The summed E-state index contributed by atoms with van der Waals surface area (Å²) in [6, 6.07) is 7.50. The van der Waals surface area contributed by atoms with Crippen LogP contribution in [0.25, 0.3) is 0 Å². The van der Waals surface area contributed by atoms with Crippen LogP contribution in [0.1, 0.15) is 25.3 Å². The van der Waals surface area contributed by atoms with E-state index in [9.17, 15) is 9.59 Å². The van der Waals surface area contributed by atoms with Gasteiger partial charge >= 0.3 is 12.0 Å². The molecule has 3 N–H and O–H groups in total. The van der Waals surface area contributed by atoms with Gasteiger partial charge in [-0.25, -0.2) is 4.79 Å². The van der Waals surface area contributed by atoms with Crippen LogP contribution in [-0.4, -0.2) is 23.1 Å². The first-order valence-corrected chi connectivity index (χ1v) is 5.84. The number of nitrogens with zero attached hydrogens (tertiary/aromatic N) is 1. The molecule has 0 spiro atoms. The molecule has 2 amide bonds. The van der Waals surface area contributed by atoms with E-state index in [2.05, 4.69) is 10.6 Å². The second kappa shape index (κ2) is 7.01. The Morgan fingerprint density at radius 2 is 2.00 bits per heavy atom. The molecule has 0 fully saturated rings. The second-order valence-electron chi connectivity index (χ2n) is 3.99. The van der Waals surface area contributed by atoms with E-state index in [1.54, 1.807) is 31.2 Å². The van der Waals surface area contributed by atoms with Crippen molar-refractivity contribution in [2.75, 3.05) is 5.32 Å². The highest BCUT2D eigenvalue weighted by Gasteiger charge is 2.13. The molecular weight excluding hydrogens is 246 g/mol. The van der Waals surface area contributed by atoms with E-state index < -0.39 is 18.0 Å². The number of carbonyl (C=O) groups is 2. The zero-order valence-corrected chi connectivity index (χ0v) is 10.5. The number of aliphatic carboxylic acids is 1. The third kappa shape index (κ3) is 5.08. The van der Waals surface area contributed by atoms with Gasteiger partial charge in [0.1, 0.15) is 0 Å². The van der Waals surface area contributed by atoms with E-state index in [1.807, 2.05) is 6.07 Å². The molecule has 0 radical (unpaired) electrons. The number of nitrogens with one attached hydrogen (secondary N) is 2. The average Bonchev–Trinajstić information content (AvgIpc) is 2.38. The van der Waals surface area contributed by atoms with Gasteiger partial charge in [-0.2, -0.15) is 5.26 Å². The van der Waals surface area contributed by atoms with E-state index in [-0.39, 0.29) is 6.42 Å². The van der Waals surface area contributed by atoms with Gasteiger partial charge in [-0.15, -0.1) is 0 Å². The quantitative estimate of drug-likeness (QED) is 0.753. The van der Waals surface area contributed by atoms with Crippen molar-refractivity contribution >= 4 is 17.7 Å². The Morgan fingerprint density at radius 1 is 1.37 bits per heavy atom. The molecule has 0 heterocycles. The summed E-state index contributed by atoms with van der Waals surface area (Å²) in [5, 5.41) is 22.5. The summed E-state index contributed by atoms with van der Waals surface area (Å²) >= 11 is 0. The van der Waals surface area contributed by atoms with Gasteiger partial charge in [0.25, 0.3) is 0 Å². The number of nitriles is 1. The normalized spacial score (nSPS) is 11.2. The Balaban J connectivity index is 2.54. The fraction of sp³-hybridized carbons (Fsp3) is 0.308. The predicted octanol–water partition coefficient (Wildman–Crippen LogP) is 1.93. The summed E-state index contributed by atoms with van der Waals surface area (Å²) in [6.45, 7) is 1.80. The predicted molar refractivity (Wildman–Crippen MR) is 69.6 cm³/mol. The second-order valence-corrected chi connectivity index (χ2v) is 3.99. The molecule has 6 nitrogen and oxygen atoms in total. The molecule has 1 atom stereocenters. The molecule has 1 unspecified atom stereocenters. The van der Waals surface area contributed by atoms with Crippen LogP contribution >= 0.6 is 0 Å². The van der Waals surface area contributed by atoms with E-state index in [0.29, 0.717) is 17.7 Å². The van der Waals surface area contributed by atoms with Gasteiger partial charge in [0.15, 0.2) is 0 Å². The van der Waals surface area contributed by atoms with Crippen LogP contribution in [-0.2, 0) is 4.79 Å². The SMILES string of the molecule is CCC(CC(=O)O)NC(=O)Nc1ccc(C#N)cc1. The number of hydrogen-bond acceptors (Lipinski definition) is 3. The fourth-order valence-corrected chi connectivity index (χ4v) is 1.49. The van der Waals surface area contributed by atoms with Crippen molar-refractivity contribution in [1.82, 2.24) is 5.32 Å². The lowest BCUT2D eigenvalue weighted by molar-refractivity contribution is -0.137. The first-order chi connectivity index (χ1) is 9.05.